The van der Waals surface area contributed by atoms with Crippen LogP contribution in [0.3, 0.4) is 0 Å². The van der Waals surface area contributed by atoms with Crippen molar-refractivity contribution in [3.05, 3.63) is 35.5 Å². The minimum atomic E-state index is 0.278. The molecule has 1 aromatic rings. The maximum Gasteiger partial charge on any atom is 0.274 e. The molecule has 0 spiro atoms. The summed E-state index contributed by atoms with van der Waals surface area (Å²) >= 11 is 0. The number of para-hydroxylation sites is 1. The Morgan fingerprint density at radius 2 is 2.00 bits per heavy atom. The maximum atomic E-state index is 10.8. The van der Waals surface area contributed by atoms with Gasteiger partial charge in [0.05, 0.1) is 5.11 Å². The lowest BCUT2D eigenvalue weighted by Crippen LogP contribution is -1.88. The van der Waals surface area contributed by atoms with Gasteiger partial charge < -0.3 is 5.21 Å². The van der Waals surface area contributed by atoms with Gasteiger partial charge in [0.15, 0.2) is 0 Å². The van der Waals surface area contributed by atoms with Gasteiger partial charge in [-0.2, -0.15) is 5.26 Å². The Morgan fingerprint density at radius 3 is 2.55 bits per heavy atom. The largest absolute Gasteiger partial charge is 0.593 e. The average molecular weight is 147 g/mol. The topological polar surface area (TPSA) is 62.2 Å². The highest BCUT2D eigenvalue weighted by molar-refractivity contribution is 5.27. The van der Waals surface area contributed by atoms with Gasteiger partial charge in [-0.1, -0.05) is 18.2 Å². The molecule has 0 aromatic heterocycles. The molecule has 0 bridgehead atoms. The van der Waals surface area contributed by atoms with E-state index >= 15 is 0 Å². The summed E-state index contributed by atoms with van der Waals surface area (Å²) in [5.74, 6) is 0. The molecule has 0 unspecified atom stereocenters. The molecule has 4 heteroatoms. The summed E-state index contributed by atoms with van der Waals surface area (Å²) in [5, 5.41) is 21.8. The third-order valence-electron chi connectivity index (χ3n) is 1.11. The smallest absolute Gasteiger partial charge is 0.274 e. The summed E-state index contributed by atoms with van der Waals surface area (Å²) in [6.45, 7) is 0. The lowest BCUT2D eigenvalue weighted by molar-refractivity contribution is -0.435. The van der Waals surface area contributed by atoms with Crippen molar-refractivity contribution < 1.29 is 4.86 Å². The van der Waals surface area contributed by atoms with Crippen molar-refractivity contribution in [3.63, 3.8) is 0 Å². The molecular formula is C7H5N3O. The molecule has 0 saturated heterocycles. The van der Waals surface area contributed by atoms with Crippen LogP contribution >= 0.6 is 0 Å². The second-order valence-electron chi connectivity index (χ2n) is 1.81. The Hall–Kier alpha value is -1.89. The summed E-state index contributed by atoms with van der Waals surface area (Å²) in [4.78, 5) is 0.278. The van der Waals surface area contributed by atoms with E-state index in [9.17, 15) is 5.21 Å². The van der Waals surface area contributed by atoms with Crippen LogP contribution in [0.4, 0.5) is 5.69 Å². The number of rotatable bonds is 1. The number of benzene rings is 1. The highest BCUT2D eigenvalue weighted by atomic mass is 16.5. The molecule has 0 N–H and O–H groups in total. The van der Waals surface area contributed by atoms with Crippen LogP contribution in [0.25, 0.3) is 0 Å². The van der Waals surface area contributed by atoms with Crippen LogP contribution in [0.15, 0.2) is 35.4 Å². The standard InChI is InChI=1S/C7H5N3O/c8-6-9-10(11)7-4-2-1-3-5-7/h1-5H. The third-order valence-corrected chi connectivity index (χ3v) is 1.11. The van der Waals surface area contributed by atoms with Gasteiger partial charge in [-0.05, 0) is 4.86 Å². The molecule has 0 amide bonds. The predicted molar refractivity (Wildman–Crippen MR) is 37.8 cm³/mol. The van der Waals surface area contributed by atoms with Crippen molar-refractivity contribution in [2.45, 2.75) is 0 Å². The summed E-state index contributed by atoms with van der Waals surface area (Å²) < 4.78 is 0. The maximum absolute atomic E-state index is 10.8. The van der Waals surface area contributed by atoms with Gasteiger partial charge in [-0.3, -0.25) is 0 Å². The van der Waals surface area contributed by atoms with Crippen LogP contribution in [0, 0.1) is 16.7 Å². The van der Waals surface area contributed by atoms with Gasteiger partial charge in [0, 0.05) is 12.1 Å². The molecule has 0 radical (unpaired) electrons. The lowest BCUT2D eigenvalue weighted by atomic mass is 10.3. The molecule has 54 valence electrons. The van der Waals surface area contributed by atoms with E-state index in [1.54, 1.807) is 30.3 Å². The average Bonchev–Trinajstić information content (AvgIpc) is 2.07. The predicted octanol–water partition coefficient (Wildman–Crippen LogP) is 1.76. The van der Waals surface area contributed by atoms with E-state index in [2.05, 4.69) is 5.11 Å². The second kappa shape index (κ2) is 3.32. The number of nitrogens with zero attached hydrogens (tertiary/aromatic N) is 3. The van der Waals surface area contributed by atoms with E-state index in [1.807, 2.05) is 0 Å². The van der Waals surface area contributed by atoms with Crippen molar-refractivity contribution >= 4 is 5.69 Å². The van der Waals surface area contributed by atoms with E-state index in [-0.39, 0.29) is 4.86 Å². The fourth-order valence-electron chi connectivity index (χ4n) is 0.654. The van der Waals surface area contributed by atoms with E-state index in [4.69, 9.17) is 5.26 Å². The highest BCUT2D eigenvalue weighted by Crippen LogP contribution is 2.08. The lowest BCUT2D eigenvalue weighted by Gasteiger charge is -1.93. The molecule has 0 fully saturated rings. The van der Waals surface area contributed by atoms with Gasteiger partial charge in [0.2, 0.25) is 5.69 Å². The normalized spacial score (nSPS) is 10.6. The first-order valence-electron chi connectivity index (χ1n) is 2.96. The Balaban J connectivity index is 2.96. The molecule has 0 atom stereocenters. The van der Waals surface area contributed by atoms with Crippen molar-refractivity contribution in [2.75, 3.05) is 0 Å². The van der Waals surface area contributed by atoms with E-state index in [1.165, 1.54) is 6.19 Å². The Kier molecular flexibility index (Phi) is 2.18. The van der Waals surface area contributed by atoms with Gasteiger partial charge in [-0.15, -0.1) is 0 Å². The van der Waals surface area contributed by atoms with Crippen molar-refractivity contribution in [2.24, 2.45) is 5.11 Å². The molecule has 0 aliphatic carbocycles. The highest BCUT2D eigenvalue weighted by Gasteiger charge is 1.98. The van der Waals surface area contributed by atoms with Crippen molar-refractivity contribution in [3.8, 4) is 6.19 Å². The van der Waals surface area contributed by atoms with Gasteiger partial charge >= 0.3 is 0 Å². The van der Waals surface area contributed by atoms with E-state index < -0.39 is 0 Å². The zero-order valence-electron chi connectivity index (χ0n) is 5.64. The Morgan fingerprint density at radius 1 is 1.36 bits per heavy atom. The zero-order valence-corrected chi connectivity index (χ0v) is 5.64. The fourth-order valence-corrected chi connectivity index (χ4v) is 0.654. The van der Waals surface area contributed by atoms with Crippen LogP contribution in [0.2, 0.25) is 0 Å². The van der Waals surface area contributed by atoms with Crippen LogP contribution in [-0.2, 0) is 0 Å². The minimum Gasteiger partial charge on any atom is -0.593 e. The van der Waals surface area contributed by atoms with Crippen LogP contribution < -0.4 is 0 Å². The van der Waals surface area contributed by atoms with Gasteiger partial charge in [0.25, 0.3) is 6.19 Å². The summed E-state index contributed by atoms with van der Waals surface area (Å²) in [7, 11) is 0. The van der Waals surface area contributed by atoms with Gasteiger partial charge in [-0.25, -0.2) is 0 Å². The molecule has 0 aliphatic heterocycles. The van der Waals surface area contributed by atoms with Crippen molar-refractivity contribution in [1.29, 1.82) is 5.26 Å². The summed E-state index contributed by atoms with van der Waals surface area (Å²) in [6, 6.07) is 8.34. The van der Waals surface area contributed by atoms with Crippen molar-refractivity contribution in [1.82, 2.24) is 0 Å². The van der Waals surface area contributed by atoms with Crippen LogP contribution in [0.5, 0.6) is 0 Å². The number of hydrogen-bond acceptors (Lipinski definition) is 3. The number of nitriles is 1. The minimum absolute atomic E-state index is 0.278. The molecule has 0 saturated carbocycles. The van der Waals surface area contributed by atoms with E-state index in [0.717, 1.165) is 0 Å². The number of hydrogen-bond donors (Lipinski definition) is 0. The summed E-state index contributed by atoms with van der Waals surface area (Å²) in [5.41, 5.74) is 0.356. The first-order valence-corrected chi connectivity index (χ1v) is 2.96. The third kappa shape index (κ3) is 1.76. The molecule has 0 heterocycles. The molecule has 11 heavy (non-hydrogen) atoms. The number of azo groups is 1. The molecule has 0 aliphatic rings. The zero-order chi connectivity index (χ0) is 8.10. The second-order valence-corrected chi connectivity index (χ2v) is 1.81. The monoisotopic (exact) mass is 147 g/mol. The molecule has 1 rings (SSSR count). The molecular weight excluding hydrogens is 142 g/mol. The van der Waals surface area contributed by atoms with E-state index in [0.29, 0.717) is 5.69 Å². The SMILES string of the molecule is N#CN=[N+]([O-])c1ccccc1. The fraction of sp³-hybridized carbons (Fsp3) is 0. The Bertz CT molecular complexity index is 299. The first-order chi connectivity index (χ1) is 5.34. The molecule has 4 nitrogen and oxygen atoms in total. The van der Waals surface area contributed by atoms with Gasteiger partial charge in [0.1, 0.15) is 0 Å². The Labute approximate surface area is 63.6 Å². The quantitative estimate of drug-likeness (QED) is 0.263. The van der Waals surface area contributed by atoms with Crippen LogP contribution in [-0.4, -0.2) is 4.86 Å². The first kappa shape index (κ1) is 7.22. The molecule has 1 aromatic carbocycles. The summed E-state index contributed by atoms with van der Waals surface area (Å²) in [6.07, 6.45) is 1.40. The van der Waals surface area contributed by atoms with Crippen LogP contribution in [0.1, 0.15) is 0 Å².